The lowest BCUT2D eigenvalue weighted by Crippen LogP contribution is -1.98. The molecular formula is C8H7NO5S. The molecule has 6 nitrogen and oxygen atoms in total. The molecule has 1 rings (SSSR count). The van der Waals surface area contributed by atoms with Crippen LogP contribution in [0.2, 0.25) is 0 Å². The van der Waals surface area contributed by atoms with Crippen LogP contribution in [0.1, 0.15) is 0 Å². The van der Waals surface area contributed by atoms with Gasteiger partial charge in [-0.1, -0.05) is 0 Å². The van der Waals surface area contributed by atoms with E-state index in [9.17, 15) is 13.2 Å². The number of rotatable bonds is 3. The van der Waals surface area contributed by atoms with Crippen LogP contribution < -0.4 is 4.74 Å². The minimum absolute atomic E-state index is 0.216. The summed E-state index contributed by atoms with van der Waals surface area (Å²) in [6, 6.07) is 3.62. The average Bonchev–Trinajstić information content (AvgIpc) is 2.16. The summed E-state index contributed by atoms with van der Waals surface area (Å²) in [5.41, 5.74) is -0.216. The van der Waals surface area contributed by atoms with Crippen molar-refractivity contribution in [2.75, 3.05) is 7.11 Å². The number of nitrogens with zero attached hydrogens (tertiary/aromatic N) is 1. The fraction of sp³-hybridized carbons (Fsp3) is 0.125. The Hall–Kier alpha value is -1.69. The number of carbonyl (C=O) groups excluding carboxylic acids is 1. The van der Waals surface area contributed by atoms with Crippen molar-refractivity contribution in [3.63, 3.8) is 0 Å². The third-order valence-corrected chi connectivity index (χ3v) is 2.51. The molecule has 0 aliphatic carbocycles. The van der Waals surface area contributed by atoms with Gasteiger partial charge in [0.1, 0.15) is 16.3 Å². The van der Waals surface area contributed by atoms with Crippen molar-refractivity contribution in [3.05, 3.63) is 18.2 Å². The quantitative estimate of drug-likeness (QED) is 0.472. The van der Waals surface area contributed by atoms with E-state index in [0.29, 0.717) is 5.75 Å². The van der Waals surface area contributed by atoms with E-state index in [1.54, 1.807) is 0 Å². The zero-order valence-electron chi connectivity index (χ0n) is 7.67. The van der Waals surface area contributed by atoms with E-state index < -0.39 is 15.0 Å². The standard InChI is InChI=1S/C8H7NO5S/c1-14-6-2-3-8(15(11,12)13)7(4-6)9-5-10/h2-4H,1H3,(H,11,12,13). The minimum atomic E-state index is -4.41. The highest BCUT2D eigenvalue weighted by Gasteiger charge is 2.15. The Labute approximate surface area is 86.0 Å². The normalized spacial score (nSPS) is 10.5. The molecule has 0 aromatic heterocycles. The molecule has 0 bridgehead atoms. The molecule has 80 valence electrons. The van der Waals surface area contributed by atoms with Crippen molar-refractivity contribution in [3.8, 4) is 5.75 Å². The first kappa shape index (κ1) is 11.4. The van der Waals surface area contributed by atoms with Gasteiger partial charge in [-0.15, -0.1) is 0 Å². The second kappa shape index (κ2) is 4.22. The first-order valence-corrected chi connectivity index (χ1v) is 5.16. The third kappa shape index (κ3) is 2.63. The highest BCUT2D eigenvalue weighted by Crippen LogP contribution is 2.28. The van der Waals surface area contributed by atoms with Crippen molar-refractivity contribution in [2.24, 2.45) is 4.99 Å². The Morgan fingerprint density at radius 2 is 2.13 bits per heavy atom. The molecule has 0 spiro atoms. The fourth-order valence-electron chi connectivity index (χ4n) is 0.979. The number of aliphatic imine (C=N–C) groups is 1. The zero-order valence-corrected chi connectivity index (χ0v) is 8.48. The van der Waals surface area contributed by atoms with Crippen molar-refractivity contribution >= 4 is 21.9 Å². The van der Waals surface area contributed by atoms with E-state index in [1.807, 2.05) is 0 Å². The molecule has 0 amide bonds. The van der Waals surface area contributed by atoms with Gasteiger partial charge in [0.05, 0.1) is 7.11 Å². The van der Waals surface area contributed by atoms with Crippen LogP contribution in [0.4, 0.5) is 5.69 Å². The lowest BCUT2D eigenvalue weighted by molar-refractivity contribution is 0.414. The maximum atomic E-state index is 10.9. The van der Waals surface area contributed by atoms with Gasteiger partial charge < -0.3 is 4.74 Å². The smallest absolute Gasteiger partial charge is 0.296 e. The second-order valence-corrected chi connectivity index (χ2v) is 3.90. The molecule has 0 aliphatic rings. The lowest BCUT2D eigenvalue weighted by atomic mass is 10.3. The van der Waals surface area contributed by atoms with Crippen LogP contribution in [0.15, 0.2) is 28.1 Å². The predicted molar refractivity (Wildman–Crippen MR) is 50.6 cm³/mol. The van der Waals surface area contributed by atoms with Gasteiger partial charge in [0, 0.05) is 6.07 Å². The van der Waals surface area contributed by atoms with Gasteiger partial charge in [0.15, 0.2) is 0 Å². The van der Waals surface area contributed by atoms with E-state index in [4.69, 9.17) is 9.29 Å². The van der Waals surface area contributed by atoms with Gasteiger partial charge >= 0.3 is 0 Å². The van der Waals surface area contributed by atoms with E-state index in [-0.39, 0.29) is 5.69 Å². The van der Waals surface area contributed by atoms with Crippen LogP contribution in [0, 0.1) is 0 Å². The molecule has 1 N–H and O–H groups in total. The summed E-state index contributed by atoms with van der Waals surface area (Å²) in [6.07, 6.45) is 1.19. The van der Waals surface area contributed by atoms with Gasteiger partial charge in [-0.3, -0.25) is 4.55 Å². The summed E-state index contributed by atoms with van der Waals surface area (Å²) >= 11 is 0. The van der Waals surface area contributed by atoms with Gasteiger partial charge in [-0.2, -0.15) is 13.4 Å². The molecule has 0 saturated carbocycles. The van der Waals surface area contributed by atoms with Crippen LogP contribution in [0.3, 0.4) is 0 Å². The highest BCUT2D eigenvalue weighted by atomic mass is 32.2. The second-order valence-electron chi connectivity index (χ2n) is 2.51. The first-order chi connectivity index (χ1) is 6.99. The Balaban J connectivity index is 3.47. The molecule has 1 aromatic carbocycles. The van der Waals surface area contributed by atoms with Gasteiger partial charge in [0.2, 0.25) is 6.08 Å². The highest BCUT2D eigenvalue weighted by molar-refractivity contribution is 7.86. The number of methoxy groups -OCH3 is 1. The van der Waals surface area contributed by atoms with E-state index in [1.165, 1.54) is 25.3 Å². The van der Waals surface area contributed by atoms with E-state index >= 15 is 0 Å². The number of hydrogen-bond donors (Lipinski definition) is 1. The number of hydrogen-bond acceptors (Lipinski definition) is 5. The van der Waals surface area contributed by atoms with Crippen molar-refractivity contribution < 1.29 is 22.5 Å². The molecule has 0 radical (unpaired) electrons. The largest absolute Gasteiger partial charge is 0.497 e. The molecular weight excluding hydrogens is 222 g/mol. The molecule has 0 unspecified atom stereocenters. The predicted octanol–water partition coefficient (Wildman–Crippen LogP) is 0.909. The van der Waals surface area contributed by atoms with E-state index in [0.717, 1.165) is 6.07 Å². The van der Waals surface area contributed by atoms with Crippen molar-refractivity contribution in [2.45, 2.75) is 4.90 Å². The molecule has 0 aliphatic heterocycles. The molecule has 0 saturated heterocycles. The summed E-state index contributed by atoms with van der Waals surface area (Å²) in [4.78, 5) is 12.7. The Morgan fingerprint density at radius 3 is 2.60 bits per heavy atom. The number of isocyanates is 1. The topological polar surface area (TPSA) is 93.0 Å². The van der Waals surface area contributed by atoms with Gasteiger partial charge in [-0.25, -0.2) is 4.79 Å². The van der Waals surface area contributed by atoms with Crippen LogP contribution >= 0.6 is 0 Å². The maximum Gasteiger partial charge on any atom is 0.296 e. The van der Waals surface area contributed by atoms with Crippen LogP contribution in [0.25, 0.3) is 0 Å². The Morgan fingerprint density at radius 1 is 1.47 bits per heavy atom. The summed E-state index contributed by atoms with van der Waals surface area (Å²) in [6.45, 7) is 0. The van der Waals surface area contributed by atoms with Gasteiger partial charge in [-0.05, 0) is 12.1 Å². The van der Waals surface area contributed by atoms with Crippen LogP contribution in [0.5, 0.6) is 5.75 Å². The maximum absolute atomic E-state index is 10.9. The van der Waals surface area contributed by atoms with E-state index in [2.05, 4.69) is 4.99 Å². The number of benzene rings is 1. The molecule has 0 atom stereocenters. The summed E-state index contributed by atoms with van der Waals surface area (Å²) in [7, 11) is -3.04. The van der Waals surface area contributed by atoms with Crippen LogP contribution in [-0.2, 0) is 14.9 Å². The first-order valence-electron chi connectivity index (χ1n) is 3.72. The SMILES string of the molecule is COc1ccc(S(=O)(=O)O)c(N=C=O)c1. The Kier molecular flexibility index (Phi) is 3.21. The molecule has 15 heavy (non-hydrogen) atoms. The molecule has 7 heteroatoms. The lowest BCUT2D eigenvalue weighted by Gasteiger charge is -2.03. The summed E-state index contributed by atoms with van der Waals surface area (Å²) < 4.78 is 35.3. The monoisotopic (exact) mass is 229 g/mol. The van der Waals surface area contributed by atoms with Crippen molar-refractivity contribution in [1.82, 2.24) is 0 Å². The average molecular weight is 229 g/mol. The number of ether oxygens (including phenoxy) is 1. The molecule has 1 aromatic rings. The zero-order chi connectivity index (χ0) is 11.5. The molecule has 0 fully saturated rings. The molecule has 0 heterocycles. The summed E-state index contributed by atoms with van der Waals surface area (Å²) in [5.74, 6) is 0.316. The third-order valence-electron chi connectivity index (χ3n) is 1.61. The summed E-state index contributed by atoms with van der Waals surface area (Å²) in [5, 5.41) is 0. The minimum Gasteiger partial charge on any atom is -0.497 e. The van der Waals surface area contributed by atoms with Gasteiger partial charge in [0.25, 0.3) is 10.1 Å². The fourth-order valence-corrected chi connectivity index (χ4v) is 1.59. The Bertz CT molecular complexity index is 516. The van der Waals surface area contributed by atoms with Crippen LogP contribution in [-0.4, -0.2) is 26.2 Å². The van der Waals surface area contributed by atoms with Crippen molar-refractivity contribution in [1.29, 1.82) is 0 Å².